The third-order valence-electron chi connectivity index (χ3n) is 5.48. The number of amides is 1. The van der Waals surface area contributed by atoms with E-state index in [1.165, 1.54) is 22.9 Å². The van der Waals surface area contributed by atoms with Crippen LogP contribution in [0.2, 0.25) is 0 Å². The predicted molar refractivity (Wildman–Crippen MR) is 119 cm³/mol. The third kappa shape index (κ3) is 5.19. The number of benzene rings is 1. The third-order valence-corrected chi connectivity index (χ3v) is 6.85. The number of thioether (sulfide) groups is 1. The first-order chi connectivity index (χ1) is 13.9. The molecule has 2 unspecified atom stereocenters. The molecule has 0 radical (unpaired) electrons. The van der Waals surface area contributed by atoms with E-state index < -0.39 is 0 Å². The van der Waals surface area contributed by atoms with Crippen molar-refractivity contribution in [3.05, 3.63) is 52.7 Å². The molecule has 152 valence electrons. The van der Waals surface area contributed by atoms with Gasteiger partial charge >= 0.3 is 0 Å². The van der Waals surface area contributed by atoms with E-state index in [9.17, 15) is 10.1 Å². The highest BCUT2D eigenvalue weighted by atomic mass is 32.2. The Labute approximate surface area is 178 Å². The number of fused-ring (bicyclic) bond motifs is 1. The van der Waals surface area contributed by atoms with Gasteiger partial charge in [-0.1, -0.05) is 51.6 Å². The standard InChI is InChI=1S/C24H29N3OS/c1-5-22(23(28)26-20-9-7-17(8-10-20)15(2)3)29-24-19(14-25)13-18-12-16(4)6-11-21(18)27-24/h7-10,13,15-16,22H,5-6,11-12H2,1-4H3,(H,26,28). The summed E-state index contributed by atoms with van der Waals surface area (Å²) in [5.74, 6) is 1.04. The number of rotatable bonds is 6. The van der Waals surface area contributed by atoms with Gasteiger partial charge in [0.2, 0.25) is 5.91 Å². The van der Waals surface area contributed by atoms with Crippen molar-refractivity contribution in [2.45, 2.75) is 69.6 Å². The van der Waals surface area contributed by atoms with Crippen LogP contribution in [0.3, 0.4) is 0 Å². The van der Waals surface area contributed by atoms with Crippen molar-refractivity contribution in [2.24, 2.45) is 5.92 Å². The Bertz CT molecular complexity index is 915. The van der Waals surface area contributed by atoms with Gasteiger partial charge in [-0.3, -0.25) is 4.79 Å². The summed E-state index contributed by atoms with van der Waals surface area (Å²) < 4.78 is 0. The Morgan fingerprint density at radius 3 is 2.69 bits per heavy atom. The molecule has 0 fully saturated rings. The van der Waals surface area contributed by atoms with Crippen LogP contribution in [0.1, 0.15) is 68.8 Å². The van der Waals surface area contributed by atoms with Crippen LogP contribution in [0, 0.1) is 17.2 Å². The minimum atomic E-state index is -0.292. The second kappa shape index (κ2) is 9.45. The van der Waals surface area contributed by atoms with Crippen LogP contribution in [0.5, 0.6) is 0 Å². The average molecular weight is 408 g/mol. The summed E-state index contributed by atoms with van der Waals surface area (Å²) in [6, 6.07) is 12.3. The molecule has 1 aromatic carbocycles. The van der Waals surface area contributed by atoms with Gasteiger partial charge < -0.3 is 5.32 Å². The lowest BCUT2D eigenvalue weighted by molar-refractivity contribution is -0.115. The Kier molecular flexibility index (Phi) is 6.97. The number of nitrogens with one attached hydrogen (secondary N) is 1. The number of carbonyl (C=O) groups excluding carboxylic acids is 1. The lowest BCUT2D eigenvalue weighted by Crippen LogP contribution is -2.25. The normalized spacial score (nSPS) is 16.8. The van der Waals surface area contributed by atoms with Gasteiger partial charge in [0.1, 0.15) is 11.1 Å². The van der Waals surface area contributed by atoms with E-state index in [1.54, 1.807) is 0 Å². The van der Waals surface area contributed by atoms with E-state index in [1.807, 2.05) is 37.3 Å². The molecule has 0 bridgehead atoms. The molecule has 1 aliphatic rings. The maximum absolute atomic E-state index is 12.9. The molecule has 3 rings (SSSR count). The number of hydrogen-bond acceptors (Lipinski definition) is 4. The zero-order chi connectivity index (χ0) is 21.0. The van der Waals surface area contributed by atoms with Crippen LogP contribution >= 0.6 is 11.8 Å². The maximum Gasteiger partial charge on any atom is 0.237 e. The molecule has 1 aromatic heterocycles. The van der Waals surface area contributed by atoms with Gasteiger partial charge in [-0.2, -0.15) is 5.26 Å². The fourth-order valence-electron chi connectivity index (χ4n) is 3.63. The highest BCUT2D eigenvalue weighted by Crippen LogP contribution is 2.32. The molecule has 0 aliphatic heterocycles. The van der Waals surface area contributed by atoms with E-state index >= 15 is 0 Å². The molecule has 5 heteroatoms. The van der Waals surface area contributed by atoms with Crippen LogP contribution < -0.4 is 5.32 Å². The predicted octanol–water partition coefficient (Wildman–Crippen LogP) is 5.71. The number of carbonyl (C=O) groups is 1. The second-order valence-corrected chi connectivity index (χ2v) is 9.38. The number of aromatic nitrogens is 1. The van der Waals surface area contributed by atoms with E-state index in [-0.39, 0.29) is 11.2 Å². The van der Waals surface area contributed by atoms with Gasteiger partial charge in [0.05, 0.1) is 10.8 Å². The van der Waals surface area contributed by atoms with Crippen LogP contribution in [-0.2, 0) is 17.6 Å². The van der Waals surface area contributed by atoms with Crippen molar-refractivity contribution < 1.29 is 4.79 Å². The molecule has 2 aromatic rings. The van der Waals surface area contributed by atoms with E-state index in [2.05, 4.69) is 32.2 Å². The number of nitrogens with zero attached hydrogens (tertiary/aromatic N) is 2. The highest BCUT2D eigenvalue weighted by molar-refractivity contribution is 8.00. The molecule has 0 saturated heterocycles. The summed E-state index contributed by atoms with van der Waals surface area (Å²) in [5.41, 5.74) is 4.90. The monoisotopic (exact) mass is 407 g/mol. The summed E-state index contributed by atoms with van der Waals surface area (Å²) in [4.78, 5) is 17.6. The SMILES string of the molecule is CCC(Sc1nc2c(cc1C#N)CC(C)CC2)C(=O)Nc1ccc(C(C)C)cc1. The molecule has 2 atom stereocenters. The number of nitriles is 1. The highest BCUT2D eigenvalue weighted by Gasteiger charge is 2.24. The molecule has 1 heterocycles. The van der Waals surface area contributed by atoms with E-state index in [0.717, 1.165) is 30.6 Å². The molecule has 1 aliphatic carbocycles. The van der Waals surface area contributed by atoms with Gasteiger partial charge in [-0.15, -0.1) is 0 Å². The minimum absolute atomic E-state index is 0.0492. The van der Waals surface area contributed by atoms with Crippen molar-refractivity contribution in [3.63, 3.8) is 0 Å². The summed E-state index contributed by atoms with van der Waals surface area (Å²) in [6.45, 7) is 8.53. The molecule has 4 nitrogen and oxygen atoms in total. The topological polar surface area (TPSA) is 65.8 Å². The minimum Gasteiger partial charge on any atom is -0.325 e. The maximum atomic E-state index is 12.9. The molecule has 29 heavy (non-hydrogen) atoms. The lowest BCUT2D eigenvalue weighted by Gasteiger charge is -2.22. The Hall–Kier alpha value is -2.32. The molecular formula is C24H29N3OS. The fraction of sp³-hybridized carbons (Fsp3) is 0.458. The molecular weight excluding hydrogens is 378 g/mol. The number of aryl methyl sites for hydroxylation is 1. The first-order valence-corrected chi connectivity index (χ1v) is 11.3. The van der Waals surface area contributed by atoms with Crippen molar-refractivity contribution >= 4 is 23.4 Å². The fourth-order valence-corrected chi connectivity index (χ4v) is 4.63. The summed E-state index contributed by atoms with van der Waals surface area (Å²) in [7, 11) is 0. The Balaban J connectivity index is 1.75. The van der Waals surface area contributed by atoms with Gasteiger partial charge in [0.25, 0.3) is 0 Å². The van der Waals surface area contributed by atoms with Crippen LogP contribution in [0.4, 0.5) is 5.69 Å². The van der Waals surface area contributed by atoms with Crippen molar-refractivity contribution in [1.82, 2.24) is 4.98 Å². The average Bonchev–Trinajstić information content (AvgIpc) is 2.71. The quantitative estimate of drug-likeness (QED) is 0.623. The van der Waals surface area contributed by atoms with Crippen LogP contribution in [-0.4, -0.2) is 16.1 Å². The summed E-state index contributed by atoms with van der Waals surface area (Å²) in [5, 5.41) is 13.0. The van der Waals surface area contributed by atoms with Crippen LogP contribution in [0.25, 0.3) is 0 Å². The van der Waals surface area contributed by atoms with Crippen LogP contribution in [0.15, 0.2) is 35.4 Å². The van der Waals surface area contributed by atoms with Gasteiger partial charge in [-0.25, -0.2) is 4.98 Å². The van der Waals surface area contributed by atoms with Crippen molar-refractivity contribution in [1.29, 1.82) is 5.26 Å². The molecule has 1 amide bonds. The lowest BCUT2D eigenvalue weighted by atomic mass is 9.87. The van der Waals surface area contributed by atoms with E-state index in [0.29, 0.717) is 28.8 Å². The Morgan fingerprint density at radius 2 is 2.07 bits per heavy atom. The molecule has 0 saturated carbocycles. The van der Waals surface area contributed by atoms with Crippen molar-refractivity contribution in [3.8, 4) is 6.07 Å². The van der Waals surface area contributed by atoms with E-state index in [4.69, 9.17) is 4.98 Å². The van der Waals surface area contributed by atoms with Gasteiger partial charge in [-0.05, 0) is 66.8 Å². The first kappa shape index (κ1) is 21.4. The zero-order valence-corrected chi connectivity index (χ0v) is 18.5. The van der Waals surface area contributed by atoms with Gasteiger partial charge in [0, 0.05) is 11.4 Å². The summed E-state index contributed by atoms with van der Waals surface area (Å²) >= 11 is 1.40. The van der Waals surface area contributed by atoms with Gasteiger partial charge in [0.15, 0.2) is 0 Å². The zero-order valence-electron chi connectivity index (χ0n) is 17.7. The largest absolute Gasteiger partial charge is 0.325 e. The molecule has 1 N–H and O–H groups in total. The molecule has 0 spiro atoms. The summed E-state index contributed by atoms with van der Waals surface area (Å²) in [6.07, 6.45) is 3.72. The smallest absolute Gasteiger partial charge is 0.237 e. The number of hydrogen-bond donors (Lipinski definition) is 1. The van der Waals surface area contributed by atoms with Crippen molar-refractivity contribution in [2.75, 3.05) is 5.32 Å². The second-order valence-electron chi connectivity index (χ2n) is 8.19. The Morgan fingerprint density at radius 1 is 1.34 bits per heavy atom. The first-order valence-electron chi connectivity index (χ1n) is 10.4. The number of pyridine rings is 1. The number of anilines is 1.